The van der Waals surface area contributed by atoms with Crippen molar-refractivity contribution in [2.75, 3.05) is 33.9 Å². The van der Waals surface area contributed by atoms with Crippen LogP contribution in [0.3, 0.4) is 0 Å². The summed E-state index contributed by atoms with van der Waals surface area (Å²) >= 11 is 0. The number of likely N-dealkylation sites (N-methyl/N-ethyl adjacent to an activating group) is 1. The molecule has 0 aromatic heterocycles. The van der Waals surface area contributed by atoms with Crippen molar-refractivity contribution < 1.29 is 31.4 Å². The van der Waals surface area contributed by atoms with E-state index in [9.17, 15) is 26.7 Å². The fourth-order valence-electron chi connectivity index (χ4n) is 3.56. The maximum atomic E-state index is 14.0. The van der Waals surface area contributed by atoms with Gasteiger partial charge in [0.15, 0.2) is 0 Å². The Morgan fingerprint density at radius 2 is 1.61 bits per heavy atom. The molecule has 2 rings (SSSR count). The molecule has 6 nitrogen and oxygen atoms in total. The van der Waals surface area contributed by atoms with Gasteiger partial charge >= 0.3 is 0 Å². The van der Waals surface area contributed by atoms with Crippen LogP contribution < -0.4 is 0 Å². The molecule has 2 aromatic carbocycles. The Bertz CT molecular complexity index is 1010. The molecule has 33 heavy (non-hydrogen) atoms. The van der Waals surface area contributed by atoms with Gasteiger partial charge in [0.1, 0.15) is 17.5 Å². The lowest BCUT2D eigenvalue weighted by atomic mass is 10.0. The zero-order valence-electron chi connectivity index (χ0n) is 19.2. The molecule has 3 atom stereocenters. The van der Waals surface area contributed by atoms with Crippen LogP contribution in [-0.4, -0.2) is 68.7 Å². The molecule has 0 saturated heterocycles. The number of rotatable bonds is 12. The van der Waals surface area contributed by atoms with Crippen LogP contribution in [-0.2, 0) is 21.3 Å². The average molecular weight is 489 g/mol. The molecule has 0 saturated carbocycles. The number of nitrogens with zero attached hydrogens (tertiary/aromatic N) is 2. The summed E-state index contributed by atoms with van der Waals surface area (Å²) in [6, 6.07) is 7.03. The predicted molar refractivity (Wildman–Crippen MR) is 119 cm³/mol. The summed E-state index contributed by atoms with van der Waals surface area (Å²) in [7, 11) is -0.786. The number of ether oxygens (including phenoxy) is 1. The molecule has 1 N–H and O–H groups in total. The van der Waals surface area contributed by atoms with Crippen molar-refractivity contribution in [2.45, 2.75) is 37.4 Å². The van der Waals surface area contributed by atoms with Gasteiger partial charge in [-0.25, -0.2) is 21.6 Å². The van der Waals surface area contributed by atoms with Gasteiger partial charge in [-0.2, -0.15) is 4.31 Å². The summed E-state index contributed by atoms with van der Waals surface area (Å²) in [5.74, 6) is -1.92. The van der Waals surface area contributed by atoms with Gasteiger partial charge in [0.2, 0.25) is 10.0 Å². The molecule has 0 spiro atoms. The van der Waals surface area contributed by atoms with Gasteiger partial charge in [0.25, 0.3) is 0 Å². The number of halogens is 3. The van der Waals surface area contributed by atoms with Crippen LogP contribution in [0.2, 0.25) is 0 Å². The van der Waals surface area contributed by atoms with Crippen LogP contribution in [0.5, 0.6) is 0 Å². The summed E-state index contributed by atoms with van der Waals surface area (Å²) in [5.41, 5.74) is 0.203. The molecule has 2 aromatic rings. The van der Waals surface area contributed by atoms with E-state index in [4.69, 9.17) is 4.74 Å². The highest BCUT2D eigenvalue weighted by atomic mass is 32.2. The van der Waals surface area contributed by atoms with E-state index < -0.39 is 46.2 Å². The van der Waals surface area contributed by atoms with Gasteiger partial charge in [-0.05, 0) is 62.4 Å². The molecule has 184 valence electrons. The summed E-state index contributed by atoms with van der Waals surface area (Å²) < 4.78 is 73.8. The number of benzene rings is 2. The SMILES string of the molecule is CO[C@H](CN(C)Cc1cc(F)ccc1F)[C@@H](C)CN([C@H](C)CO)S(=O)(=O)c1ccc(F)cc1. The first-order chi connectivity index (χ1) is 15.5. The Balaban J connectivity index is 2.16. The zero-order valence-corrected chi connectivity index (χ0v) is 20.0. The molecule has 0 heterocycles. The van der Waals surface area contributed by atoms with Crippen LogP contribution in [0, 0.1) is 23.4 Å². The first-order valence-corrected chi connectivity index (χ1v) is 12.0. The Morgan fingerprint density at radius 3 is 2.18 bits per heavy atom. The van der Waals surface area contributed by atoms with Crippen molar-refractivity contribution in [1.82, 2.24) is 9.21 Å². The highest BCUT2D eigenvalue weighted by Gasteiger charge is 2.32. The Labute approximate surface area is 193 Å². The van der Waals surface area contributed by atoms with Crippen molar-refractivity contribution in [3.8, 4) is 0 Å². The van der Waals surface area contributed by atoms with Crippen molar-refractivity contribution >= 4 is 10.0 Å². The largest absolute Gasteiger partial charge is 0.395 e. The minimum absolute atomic E-state index is 0.0299. The lowest BCUT2D eigenvalue weighted by molar-refractivity contribution is 0.0219. The van der Waals surface area contributed by atoms with Gasteiger partial charge < -0.3 is 9.84 Å². The molecule has 0 aliphatic rings. The summed E-state index contributed by atoms with van der Waals surface area (Å²) in [6.07, 6.45) is -0.441. The van der Waals surface area contributed by atoms with E-state index in [1.165, 1.54) is 23.5 Å². The van der Waals surface area contributed by atoms with Crippen LogP contribution in [0.25, 0.3) is 0 Å². The molecule has 0 aliphatic heterocycles. The van der Waals surface area contributed by atoms with Crippen LogP contribution in [0.1, 0.15) is 19.4 Å². The number of sulfonamides is 1. The maximum absolute atomic E-state index is 14.0. The van der Waals surface area contributed by atoms with E-state index in [0.717, 1.165) is 30.3 Å². The molecular formula is C23H31F3N2O4S. The fourth-order valence-corrected chi connectivity index (χ4v) is 5.29. The third kappa shape index (κ3) is 7.25. The van der Waals surface area contributed by atoms with Crippen molar-refractivity contribution in [3.63, 3.8) is 0 Å². The van der Waals surface area contributed by atoms with E-state index in [1.54, 1.807) is 18.9 Å². The van der Waals surface area contributed by atoms with Gasteiger partial charge in [-0.1, -0.05) is 6.92 Å². The Morgan fingerprint density at radius 1 is 1.00 bits per heavy atom. The highest BCUT2D eigenvalue weighted by Crippen LogP contribution is 2.22. The second kappa shape index (κ2) is 11.9. The Hall–Kier alpha value is -1.98. The van der Waals surface area contributed by atoms with Gasteiger partial charge in [-0.15, -0.1) is 0 Å². The topological polar surface area (TPSA) is 70.1 Å². The number of methoxy groups -OCH3 is 1. The van der Waals surface area contributed by atoms with E-state index in [-0.39, 0.29) is 29.5 Å². The zero-order chi connectivity index (χ0) is 24.8. The summed E-state index contributed by atoms with van der Waals surface area (Å²) in [5, 5.41) is 9.65. The van der Waals surface area contributed by atoms with Gasteiger partial charge in [0, 0.05) is 38.3 Å². The van der Waals surface area contributed by atoms with Crippen molar-refractivity contribution in [3.05, 3.63) is 65.5 Å². The quantitative estimate of drug-likeness (QED) is 0.497. The van der Waals surface area contributed by atoms with Gasteiger partial charge in [0.05, 0.1) is 17.6 Å². The van der Waals surface area contributed by atoms with Crippen molar-refractivity contribution in [2.24, 2.45) is 5.92 Å². The standard InChI is InChI=1S/C23H31F3N2O4S/c1-16(23(32-4)14-27(3)13-18-11-20(25)7-10-22(18)26)12-28(17(2)15-29)33(30,31)21-8-5-19(24)6-9-21/h5-11,16-17,23,29H,12-15H2,1-4H3/t16-,17+,23+/m0/s1. The van der Waals surface area contributed by atoms with E-state index in [1.807, 2.05) is 6.92 Å². The molecule has 0 radical (unpaired) electrons. The minimum Gasteiger partial charge on any atom is -0.395 e. The first-order valence-electron chi connectivity index (χ1n) is 10.5. The van der Waals surface area contributed by atoms with E-state index in [2.05, 4.69) is 0 Å². The van der Waals surface area contributed by atoms with Crippen LogP contribution >= 0.6 is 0 Å². The summed E-state index contributed by atoms with van der Waals surface area (Å²) in [6.45, 7) is 3.48. The fraction of sp³-hybridized carbons (Fsp3) is 0.478. The normalized spacial score (nSPS) is 15.1. The predicted octanol–water partition coefficient (Wildman–Crippen LogP) is 3.26. The molecular weight excluding hydrogens is 457 g/mol. The monoisotopic (exact) mass is 488 g/mol. The molecule has 0 aliphatic carbocycles. The van der Waals surface area contributed by atoms with Crippen LogP contribution in [0.4, 0.5) is 13.2 Å². The second-order valence-corrected chi connectivity index (χ2v) is 10.1. The lowest BCUT2D eigenvalue weighted by Gasteiger charge is -2.33. The molecule has 10 heteroatoms. The lowest BCUT2D eigenvalue weighted by Crippen LogP contribution is -2.46. The van der Waals surface area contributed by atoms with E-state index >= 15 is 0 Å². The third-order valence-corrected chi connectivity index (χ3v) is 7.52. The number of hydrogen-bond acceptors (Lipinski definition) is 5. The minimum atomic E-state index is -4.01. The number of aliphatic hydroxyl groups excluding tert-OH is 1. The molecule has 0 amide bonds. The first kappa shape index (κ1) is 27.3. The molecule has 0 fully saturated rings. The van der Waals surface area contributed by atoms with Crippen molar-refractivity contribution in [1.29, 1.82) is 0 Å². The molecule has 0 unspecified atom stereocenters. The Kier molecular flexibility index (Phi) is 9.86. The van der Waals surface area contributed by atoms with Crippen LogP contribution in [0.15, 0.2) is 47.4 Å². The average Bonchev–Trinajstić information content (AvgIpc) is 2.77. The molecule has 0 bridgehead atoms. The number of hydrogen-bond donors (Lipinski definition) is 1. The second-order valence-electron chi connectivity index (χ2n) is 8.24. The van der Waals surface area contributed by atoms with E-state index in [0.29, 0.717) is 6.54 Å². The van der Waals surface area contributed by atoms with Gasteiger partial charge in [-0.3, -0.25) is 4.90 Å². The maximum Gasteiger partial charge on any atom is 0.243 e. The highest BCUT2D eigenvalue weighted by molar-refractivity contribution is 7.89. The summed E-state index contributed by atoms with van der Waals surface area (Å²) in [4.78, 5) is 1.68. The number of aliphatic hydroxyl groups is 1. The third-order valence-electron chi connectivity index (χ3n) is 5.52. The smallest absolute Gasteiger partial charge is 0.243 e.